The van der Waals surface area contributed by atoms with Crippen molar-refractivity contribution in [2.24, 2.45) is 0 Å². The molecule has 0 bridgehead atoms. The van der Waals surface area contributed by atoms with Crippen LogP contribution in [0.3, 0.4) is 0 Å². The molecule has 0 aliphatic carbocycles. The summed E-state index contributed by atoms with van der Waals surface area (Å²) in [6, 6.07) is 5.02. The summed E-state index contributed by atoms with van der Waals surface area (Å²) in [5.74, 6) is 5.96. The Kier molecular flexibility index (Phi) is 4.11. The van der Waals surface area contributed by atoms with Crippen LogP contribution >= 0.6 is 0 Å². The maximum Gasteiger partial charge on any atom is 0.153 e. The molecule has 3 heteroatoms. The van der Waals surface area contributed by atoms with E-state index >= 15 is 0 Å². The van der Waals surface area contributed by atoms with E-state index in [0.29, 0.717) is 11.3 Å². The molecule has 3 nitrogen and oxygen atoms in total. The van der Waals surface area contributed by atoms with E-state index < -0.39 is 0 Å². The zero-order chi connectivity index (χ0) is 11.1. The van der Waals surface area contributed by atoms with E-state index in [-0.39, 0.29) is 6.42 Å². The molecule has 0 aromatic heterocycles. The molecule has 0 N–H and O–H groups in total. The maximum atomic E-state index is 10.6. The smallest absolute Gasteiger partial charge is 0.153 e. The number of hydrogen-bond donors (Lipinski definition) is 0. The van der Waals surface area contributed by atoms with Crippen LogP contribution in [0.1, 0.15) is 22.3 Å². The Labute approximate surface area is 88.1 Å². The predicted molar refractivity (Wildman–Crippen MR) is 55.9 cm³/mol. The number of carbonyl (C=O) groups is 2. The van der Waals surface area contributed by atoms with Crippen molar-refractivity contribution in [3.8, 4) is 17.6 Å². The second kappa shape index (κ2) is 5.61. The summed E-state index contributed by atoms with van der Waals surface area (Å²) in [7, 11) is 1.49. The van der Waals surface area contributed by atoms with E-state index in [2.05, 4.69) is 11.8 Å². The lowest BCUT2D eigenvalue weighted by atomic mass is 10.1. The van der Waals surface area contributed by atoms with E-state index in [1.807, 2.05) is 0 Å². The molecular formula is C12H10O3. The molecule has 76 valence electrons. The summed E-state index contributed by atoms with van der Waals surface area (Å²) in [4.78, 5) is 20.6. The molecule has 0 fully saturated rings. The Morgan fingerprint density at radius 3 is 2.80 bits per heavy atom. The third kappa shape index (κ3) is 2.96. The van der Waals surface area contributed by atoms with Crippen molar-refractivity contribution < 1.29 is 14.3 Å². The highest BCUT2D eigenvalue weighted by molar-refractivity contribution is 5.79. The Morgan fingerprint density at radius 2 is 2.20 bits per heavy atom. The lowest BCUT2D eigenvalue weighted by molar-refractivity contribution is -0.107. The molecule has 0 amide bonds. The summed E-state index contributed by atoms with van der Waals surface area (Å²) < 4.78 is 5.01. The van der Waals surface area contributed by atoms with Crippen molar-refractivity contribution in [1.29, 1.82) is 0 Å². The minimum absolute atomic E-state index is 0.206. The van der Waals surface area contributed by atoms with Gasteiger partial charge in [-0.2, -0.15) is 0 Å². The van der Waals surface area contributed by atoms with Gasteiger partial charge in [0.2, 0.25) is 0 Å². The standard InChI is InChI=1S/C12H10O3/c1-15-12-8-10(4-2-3-7-13)5-6-11(12)9-14/h5-9H,3H2,1H3. The minimum atomic E-state index is 0.206. The summed E-state index contributed by atoms with van der Waals surface area (Å²) in [5.41, 5.74) is 1.21. The van der Waals surface area contributed by atoms with Gasteiger partial charge in [-0.05, 0) is 18.2 Å². The summed E-state index contributed by atoms with van der Waals surface area (Å²) in [6.07, 6.45) is 1.67. The van der Waals surface area contributed by atoms with E-state index in [1.165, 1.54) is 7.11 Å². The molecule has 0 spiro atoms. The van der Waals surface area contributed by atoms with Gasteiger partial charge >= 0.3 is 0 Å². The number of rotatable bonds is 3. The molecular weight excluding hydrogens is 192 g/mol. The van der Waals surface area contributed by atoms with E-state index in [4.69, 9.17) is 4.74 Å². The molecule has 15 heavy (non-hydrogen) atoms. The zero-order valence-corrected chi connectivity index (χ0v) is 8.32. The highest BCUT2D eigenvalue weighted by Gasteiger charge is 2.01. The van der Waals surface area contributed by atoms with Gasteiger partial charge in [0, 0.05) is 5.56 Å². The van der Waals surface area contributed by atoms with Gasteiger partial charge < -0.3 is 9.53 Å². The highest BCUT2D eigenvalue weighted by atomic mass is 16.5. The first kappa shape index (κ1) is 11.0. The molecule has 1 aromatic rings. The van der Waals surface area contributed by atoms with Crippen LogP contribution in [-0.4, -0.2) is 19.7 Å². The van der Waals surface area contributed by atoms with Crippen molar-refractivity contribution in [2.75, 3.05) is 7.11 Å². The van der Waals surface area contributed by atoms with Crippen molar-refractivity contribution in [1.82, 2.24) is 0 Å². The first-order chi connectivity index (χ1) is 7.31. The molecule has 0 radical (unpaired) electrons. The van der Waals surface area contributed by atoms with Gasteiger partial charge in [0.1, 0.15) is 12.0 Å². The third-order valence-electron chi connectivity index (χ3n) is 1.78. The first-order valence-corrected chi connectivity index (χ1v) is 4.37. The van der Waals surface area contributed by atoms with Crippen molar-refractivity contribution in [3.63, 3.8) is 0 Å². The van der Waals surface area contributed by atoms with Gasteiger partial charge in [0.05, 0.1) is 19.1 Å². The number of aldehydes is 2. The van der Waals surface area contributed by atoms with Gasteiger partial charge in [-0.1, -0.05) is 11.8 Å². The fourth-order valence-corrected chi connectivity index (χ4v) is 1.08. The Balaban J connectivity index is 2.99. The Bertz CT molecular complexity index is 424. The topological polar surface area (TPSA) is 43.4 Å². The van der Waals surface area contributed by atoms with Gasteiger partial charge in [0.15, 0.2) is 6.29 Å². The van der Waals surface area contributed by atoms with Crippen LogP contribution in [0.25, 0.3) is 0 Å². The van der Waals surface area contributed by atoms with Gasteiger partial charge in [-0.15, -0.1) is 0 Å². The van der Waals surface area contributed by atoms with Crippen LogP contribution in [-0.2, 0) is 4.79 Å². The average molecular weight is 202 g/mol. The first-order valence-electron chi connectivity index (χ1n) is 4.37. The summed E-state index contributed by atoms with van der Waals surface area (Å²) >= 11 is 0. The van der Waals surface area contributed by atoms with Crippen LogP contribution in [0.2, 0.25) is 0 Å². The largest absolute Gasteiger partial charge is 0.496 e. The van der Waals surface area contributed by atoms with Crippen molar-refractivity contribution >= 4 is 12.6 Å². The number of methoxy groups -OCH3 is 1. The lowest BCUT2D eigenvalue weighted by Gasteiger charge is -2.02. The number of carbonyl (C=O) groups excluding carboxylic acids is 2. The molecule has 0 atom stereocenters. The monoisotopic (exact) mass is 202 g/mol. The quantitative estimate of drug-likeness (QED) is 0.550. The average Bonchev–Trinajstić information content (AvgIpc) is 2.29. The van der Waals surface area contributed by atoms with Crippen LogP contribution in [0.4, 0.5) is 0 Å². The molecule has 0 heterocycles. The Morgan fingerprint density at radius 1 is 1.40 bits per heavy atom. The molecule has 0 saturated carbocycles. The zero-order valence-electron chi connectivity index (χ0n) is 8.32. The maximum absolute atomic E-state index is 10.6. The molecule has 0 unspecified atom stereocenters. The number of benzene rings is 1. The lowest BCUT2D eigenvalue weighted by Crippen LogP contribution is -1.90. The van der Waals surface area contributed by atoms with E-state index in [1.54, 1.807) is 18.2 Å². The van der Waals surface area contributed by atoms with Gasteiger partial charge in [-0.25, -0.2) is 0 Å². The van der Waals surface area contributed by atoms with Crippen molar-refractivity contribution in [3.05, 3.63) is 29.3 Å². The van der Waals surface area contributed by atoms with Crippen LogP contribution in [0.15, 0.2) is 18.2 Å². The van der Waals surface area contributed by atoms with E-state index in [0.717, 1.165) is 18.1 Å². The Hall–Kier alpha value is -2.08. The summed E-state index contributed by atoms with van der Waals surface area (Å²) in [5, 5.41) is 0. The fourth-order valence-electron chi connectivity index (χ4n) is 1.08. The second-order valence-corrected chi connectivity index (χ2v) is 2.75. The minimum Gasteiger partial charge on any atom is -0.496 e. The van der Waals surface area contributed by atoms with Crippen molar-refractivity contribution in [2.45, 2.75) is 6.42 Å². The SMILES string of the molecule is COc1cc(C#CCC=O)ccc1C=O. The second-order valence-electron chi connectivity index (χ2n) is 2.75. The van der Waals surface area contributed by atoms with Gasteiger partial charge in [0.25, 0.3) is 0 Å². The molecule has 0 aliphatic rings. The third-order valence-corrected chi connectivity index (χ3v) is 1.78. The fraction of sp³-hybridized carbons (Fsp3) is 0.167. The number of ether oxygens (including phenoxy) is 1. The normalized spacial score (nSPS) is 8.60. The predicted octanol–water partition coefficient (Wildman–Crippen LogP) is 1.45. The molecule has 0 aliphatic heterocycles. The van der Waals surface area contributed by atoms with E-state index in [9.17, 15) is 9.59 Å². The van der Waals surface area contributed by atoms with Crippen LogP contribution in [0.5, 0.6) is 5.75 Å². The number of hydrogen-bond acceptors (Lipinski definition) is 3. The molecule has 0 saturated heterocycles. The van der Waals surface area contributed by atoms with Crippen LogP contribution < -0.4 is 4.74 Å². The van der Waals surface area contributed by atoms with Gasteiger partial charge in [-0.3, -0.25) is 4.79 Å². The van der Waals surface area contributed by atoms with Crippen LogP contribution in [0, 0.1) is 11.8 Å². The molecule has 1 rings (SSSR count). The highest BCUT2D eigenvalue weighted by Crippen LogP contribution is 2.17. The molecule has 1 aromatic carbocycles. The summed E-state index contributed by atoms with van der Waals surface area (Å²) in [6.45, 7) is 0.